The van der Waals surface area contributed by atoms with Gasteiger partial charge in [-0.25, -0.2) is 14.7 Å². The third-order valence-electron chi connectivity index (χ3n) is 9.69. The molecule has 3 aliphatic heterocycles. The molecule has 1 fully saturated rings. The van der Waals surface area contributed by atoms with E-state index >= 15 is 0 Å². The van der Waals surface area contributed by atoms with Gasteiger partial charge in [0.1, 0.15) is 41.8 Å². The van der Waals surface area contributed by atoms with Crippen LogP contribution in [0, 0.1) is 13.8 Å². The highest BCUT2D eigenvalue weighted by molar-refractivity contribution is 5.98. The Morgan fingerprint density at radius 2 is 1.78 bits per heavy atom. The lowest BCUT2D eigenvalue weighted by Gasteiger charge is -2.44. The smallest absolute Gasteiger partial charge is 0.337 e. The molecular weight excluding hydrogens is 758 g/mol. The van der Waals surface area contributed by atoms with Crippen molar-refractivity contribution in [3.8, 4) is 22.6 Å². The number of aromatic hydroxyl groups is 1. The SMILES string of the molecule is Cc1cc(C)cc(C2=C3N=CC=C3CN2O[C@@H]2[C@@H](Oc3ccc4c(=O)c(-c5ccc(O)cc5)coc4c3)O[C@@H]([C@@H](O)OC(=O)[C@H](NCCC=O)C(=O)O)[C@H](O)[C@H]2O)c1. The van der Waals surface area contributed by atoms with Crippen LogP contribution >= 0.6 is 0 Å². The normalized spacial score (nSPS) is 22.4. The number of phenols is 1. The van der Waals surface area contributed by atoms with Crippen LogP contribution in [0.1, 0.15) is 23.1 Å². The minimum absolute atomic E-state index is 0.0253. The Morgan fingerprint density at radius 1 is 1.03 bits per heavy atom. The molecule has 3 aliphatic rings. The summed E-state index contributed by atoms with van der Waals surface area (Å²) in [6.45, 7) is 3.86. The molecule has 0 saturated carbocycles. The summed E-state index contributed by atoms with van der Waals surface area (Å²) in [4.78, 5) is 59.8. The fourth-order valence-electron chi connectivity index (χ4n) is 6.96. The van der Waals surface area contributed by atoms with E-state index in [1.807, 2.05) is 38.1 Å². The number of aliphatic hydroxyl groups is 3. The first-order chi connectivity index (χ1) is 27.8. The molecule has 17 heteroatoms. The molecule has 302 valence electrons. The van der Waals surface area contributed by atoms with Gasteiger partial charge in [-0.3, -0.25) is 19.9 Å². The number of carboxylic acid groups (broad SMARTS) is 1. The van der Waals surface area contributed by atoms with E-state index in [-0.39, 0.29) is 53.0 Å². The van der Waals surface area contributed by atoms with Crippen molar-refractivity contribution < 1.29 is 63.4 Å². The number of nitrogens with one attached hydrogen (secondary N) is 1. The van der Waals surface area contributed by atoms with Crippen LogP contribution in [0.3, 0.4) is 0 Å². The molecule has 3 aromatic carbocycles. The molecule has 0 bridgehead atoms. The van der Waals surface area contributed by atoms with E-state index in [9.17, 15) is 44.7 Å². The van der Waals surface area contributed by atoms with Crippen LogP contribution in [0.2, 0.25) is 0 Å². The molecule has 1 aromatic heterocycles. The molecule has 0 unspecified atom stereocenters. The number of aryl methyl sites for hydroxylation is 2. The van der Waals surface area contributed by atoms with E-state index in [2.05, 4.69) is 10.3 Å². The third kappa shape index (κ3) is 8.12. The summed E-state index contributed by atoms with van der Waals surface area (Å²) in [5.41, 5.74) is 5.16. The third-order valence-corrected chi connectivity index (χ3v) is 9.69. The maximum atomic E-state index is 13.5. The monoisotopic (exact) mass is 797 g/mol. The molecule has 0 radical (unpaired) electrons. The molecule has 1 saturated heterocycles. The van der Waals surface area contributed by atoms with Gasteiger partial charge in [0, 0.05) is 36.4 Å². The molecule has 17 nitrogen and oxygen atoms in total. The number of carbonyl (C=O) groups is 3. The first-order valence-corrected chi connectivity index (χ1v) is 18.2. The standard InChI is InChI=1S/C41H39N3O14/c1-20-14-21(2)16-24(15-20)32-30-23(10-12-43-30)18-44(32)58-37-35(49)34(48)36(40(53)57-39(52)31(38(50)51)42-11-3-13-45)56-41(37)55-26-8-9-27-29(17-26)54-19-28(33(27)47)22-4-6-25(46)7-5-22/h4-10,12-17,19,31,34-37,40-42,46,48-49,53H,3,11,18H2,1-2H3,(H,50,51)/t31-,34-,35-,36-,37+,40+,41+/m1/s1. The minimum Gasteiger partial charge on any atom is -0.508 e. The summed E-state index contributed by atoms with van der Waals surface area (Å²) in [6.07, 6.45) is -6.25. The highest BCUT2D eigenvalue weighted by atomic mass is 16.8. The van der Waals surface area contributed by atoms with Crippen LogP contribution in [0.15, 0.2) is 98.5 Å². The molecule has 4 aromatic rings. The van der Waals surface area contributed by atoms with Gasteiger partial charge in [-0.05, 0) is 61.9 Å². The molecule has 4 heterocycles. The Kier molecular flexibility index (Phi) is 11.5. The Bertz CT molecular complexity index is 2370. The summed E-state index contributed by atoms with van der Waals surface area (Å²) >= 11 is 0. The number of rotatable bonds is 14. The molecule has 7 atom stereocenters. The number of carbonyl (C=O) groups excluding carboxylic acids is 2. The van der Waals surface area contributed by atoms with Crippen LogP contribution < -0.4 is 15.5 Å². The number of aliphatic imine (C=N–C) groups is 1. The summed E-state index contributed by atoms with van der Waals surface area (Å²) in [6, 6.07) is 14.1. The van der Waals surface area contributed by atoms with Crippen LogP contribution in [-0.4, -0.2) is 111 Å². The molecule has 7 rings (SSSR count). The molecule has 0 aliphatic carbocycles. The van der Waals surface area contributed by atoms with E-state index in [4.69, 9.17) is 23.5 Å². The predicted molar refractivity (Wildman–Crippen MR) is 204 cm³/mol. The number of hydrogen-bond donors (Lipinski definition) is 6. The van der Waals surface area contributed by atoms with Gasteiger partial charge < -0.3 is 49.0 Å². The molecule has 0 spiro atoms. The summed E-state index contributed by atoms with van der Waals surface area (Å²) in [5, 5.41) is 57.3. The first-order valence-electron chi connectivity index (χ1n) is 18.2. The largest absolute Gasteiger partial charge is 0.508 e. The zero-order valence-electron chi connectivity index (χ0n) is 31.1. The van der Waals surface area contributed by atoms with Gasteiger partial charge in [0.25, 0.3) is 0 Å². The second-order valence-electron chi connectivity index (χ2n) is 13.9. The number of allylic oxidation sites excluding steroid dienone is 1. The maximum Gasteiger partial charge on any atom is 0.337 e. The number of esters is 1. The van der Waals surface area contributed by atoms with Crippen molar-refractivity contribution in [3.63, 3.8) is 0 Å². The second kappa shape index (κ2) is 16.7. The number of nitrogens with zero attached hydrogens (tertiary/aromatic N) is 2. The number of benzene rings is 3. The average Bonchev–Trinajstić information content (AvgIpc) is 3.77. The van der Waals surface area contributed by atoms with Crippen molar-refractivity contribution in [2.24, 2.45) is 4.99 Å². The number of fused-ring (bicyclic) bond motifs is 2. The summed E-state index contributed by atoms with van der Waals surface area (Å²) in [5.74, 6) is -3.07. The van der Waals surface area contributed by atoms with Crippen LogP contribution in [0.5, 0.6) is 11.5 Å². The average molecular weight is 798 g/mol. The lowest BCUT2D eigenvalue weighted by molar-refractivity contribution is -0.344. The van der Waals surface area contributed by atoms with Crippen molar-refractivity contribution in [1.29, 1.82) is 0 Å². The quantitative estimate of drug-likeness (QED) is 0.0352. The van der Waals surface area contributed by atoms with Crippen molar-refractivity contribution in [2.45, 2.75) is 63.3 Å². The summed E-state index contributed by atoms with van der Waals surface area (Å²) < 4.78 is 23.0. The van der Waals surface area contributed by atoms with E-state index in [0.717, 1.165) is 22.3 Å². The van der Waals surface area contributed by atoms with Crippen molar-refractivity contribution >= 4 is 41.1 Å². The van der Waals surface area contributed by atoms with Crippen molar-refractivity contribution in [1.82, 2.24) is 10.4 Å². The van der Waals surface area contributed by atoms with Gasteiger partial charge >= 0.3 is 11.9 Å². The van der Waals surface area contributed by atoms with Crippen molar-refractivity contribution in [2.75, 3.05) is 13.1 Å². The highest BCUT2D eigenvalue weighted by Gasteiger charge is 2.52. The van der Waals surface area contributed by atoms with E-state index in [1.54, 1.807) is 18.3 Å². The van der Waals surface area contributed by atoms with Crippen LogP contribution in [0.4, 0.5) is 0 Å². The van der Waals surface area contributed by atoms with Gasteiger partial charge in [-0.2, -0.15) is 0 Å². The van der Waals surface area contributed by atoms with E-state index < -0.39 is 55.0 Å². The fourth-order valence-corrected chi connectivity index (χ4v) is 6.96. The predicted octanol–water partition coefficient (Wildman–Crippen LogP) is 2.10. The van der Waals surface area contributed by atoms with Gasteiger partial charge in [0.2, 0.25) is 18.6 Å². The molecule has 0 amide bonds. The summed E-state index contributed by atoms with van der Waals surface area (Å²) in [7, 11) is 0. The van der Waals surface area contributed by atoms with Gasteiger partial charge in [0.15, 0.2) is 17.6 Å². The second-order valence-corrected chi connectivity index (χ2v) is 13.9. The van der Waals surface area contributed by atoms with Crippen molar-refractivity contribution in [3.05, 3.63) is 111 Å². The lowest BCUT2D eigenvalue weighted by atomic mass is 9.98. The zero-order valence-corrected chi connectivity index (χ0v) is 31.1. The van der Waals surface area contributed by atoms with Crippen LogP contribution in [0.25, 0.3) is 27.8 Å². The number of hydroxylamine groups is 2. The number of carboxylic acids is 1. The zero-order chi connectivity index (χ0) is 41.2. The number of hydrogen-bond acceptors (Lipinski definition) is 16. The van der Waals surface area contributed by atoms with Gasteiger partial charge in [0.05, 0.1) is 28.9 Å². The Balaban J connectivity index is 1.20. The number of aldehydes is 1. The lowest BCUT2D eigenvalue weighted by Crippen LogP contribution is -2.64. The Morgan fingerprint density at radius 3 is 2.48 bits per heavy atom. The fraction of sp³-hybridized carbons (Fsp3) is 0.293. The van der Waals surface area contributed by atoms with Gasteiger partial charge in [-0.15, -0.1) is 0 Å². The number of aliphatic carboxylic acids is 1. The van der Waals surface area contributed by atoms with E-state index in [1.165, 1.54) is 41.7 Å². The topological polar surface area (TPSA) is 247 Å². The molecular formula is C41H39N3O14. The minimum atomic E-state index is -2.34. The number of ether oxygens (including phenoxy) is 3. The number of phenolic OH excluding ortho intramolecular Hbond substituents is 1. The van der Waals surface area contributed by atoms with Gasteiger partial charge in [-0.1, -0.05) is 29.3 Å². The first kappa shape index (κ1) is 40.0. The molecule has 6 N–H and O–H groups in total. The van der Waals surface area contributed by atoms with Crippen LogP contribution in [-0.2, 0) is 28.7 Å². The molecule has 58 heavy (non-hydrogen) atoms. The van der Waals surface area contributed by atoms with E-state index in [0.29, 0.717) is 23.2 Å². The Labute approximate surface area is 329 Å². The highest BCUT2D eigenvalue weighted by Crippen LogP contribution is 2.40. The Hall–Kier alpha value is -6.21. The number of aliphatic hydroxyl groups excluding tert-OH is 3. The maximum absolute atomic E-state index is 13.5.